The molecule has 3 N–H and O–H groups in total. The van der Waals surface area contributed by atoms with Crippen molar-refractivity contribution in [2.45, 2.75) is 13.0 Å². The molecule has 0 bridgehead atoms. The summed E-state index contributed by atoms with van der Waals surface area (Å²) in [5, 5.41) is 2.63. The molecule has 106 valence electrons. The zero-order chi connectivity index (χ0) is 14.5. The first kappa shape index (κ1) is 15.5. The summed E-state index contributed by atoms with van der Waals surface area (Å²) in [7, 11) is -3.05. The third kappa shape index (κ3) is 6.21. The zero-order valence-electron chi connectivity index (χ0n) is 10.9. The highest BCUT2D eigenvalue weighted by molar-refractivity contribution is 7.90. The Morgan fingerprint density at radius 3 is 2.74 bits per heavy atom. The van der Waals surface area contributed by atoms with Crippen molar-refractivity contribution in [1.82, 2.24) is 0 Å². The zero-order valence-corrected chi connectivity index (χ0v) is 11.7. The number of hydrogen-bond donors (Lipinski definition) is 2. The van der Waals surface area contributed by atoms with Gasteiger partial charge in [0, 0.05) is 18.0 Å². The van der Waals surface area contributed by atoms with Crippen LogP contribution in [0.25, 0.3) is 0 Å². The van der Waals surface area contributed by atoms with Crippen molar-refractivity contribution in [3.05, 3.63) is 24.3 Å². The minimum Gasteiger partial charge on any atom is -0.492 e. The largest absolute Gasteiger partial charge is 0.492 e. The molecule has 0 unspecified atom stereocenters. The summed E-state index contributed by atoms with van der Waals surface area (Å²) in [5.74, 6) is 0.142. The number of nitrogens with one attached hydrogen (secondary N) is 1. The molecule has 0 spiro atoms. The second-order valence-corrected chi connectivity index (χ2v) is 6.54. The quantitative estimate of drug-likeness (QED) is 0.788. The summed E-state index contributed by atoms with van der Waals surface area (Å²) >= 11 is 0. The Morgan fingerprint density at radius 1 is 1.47 bits per heavy atom. The SMILES string of the molecule is C[C@@H](N)C(=O)Nc1cccc(OCCS(C)(=O)=O)c1. The first-order valence-electron chi connectivity index (χ1n) is 5.75. The number of benzene rings is 1. The first-order chi connectivity index (χ1) is 8.78. The summed E-state index contributed by atoms with van der Waals surface area (Å²) in [5.41, 5.74) is 5.99. The Kier molecular flexibility index (Phi) is 5.31. The minimum absolute atomic E-state index is 0.0522. The van der Waals surface area contributed by atoms with Crippen LogP contribution in [0.3, 0.4) is 0 Å². The van der Waals surface area contributed by atoms with E-state index in [9.17, 15) is 13.2 Å². The molecule has 0 aromatic heterocycles. The molecule has 1 aromatic carbocycles. The van der Waals surface area contributed by atoms with Crippen molar-refractivity contribution in [3.63, 3.8) is 0 Å². The highest BCUT2D eigenvalue weighted by Gasteiger charge is 2.08. The minimum atomic E-state index is -3.05. The van der Waals surface area contributed by atoms with Crippen LogP contribution in [0.2, 0.25) is 0 Å². The van der Waals surface area contributed by atoms with Gasteiger partial charge in [0.1, 0.15) is 12.4 Å². The second-order valence-electron chi connectivity index (χ2n) is 4.28. The maximum absolute atomic E-state index is 11.4. The fourth-order valence-electron chi connectivity index (χ4n) is 1.23. The van der Waals surface area contributed by atoms with E-state index >= 15 is 0 Å². The lowest BCUT2D eigenvalue weighted by Gasteiger charge is -2.10. The van der Waals surface area contributed by atoms with Gasteiger partial charge in [-0.05, 0) is 19.1 Å². The Labute approximate surface area is 112 Å². The molecule has 0 aliphatic rings. The molecule has 0 saturated heterocycles. The normalized spacial score (nSPS) is 12.8. The third-order valence-corrected chi connectivity index (χ3v) is 3.15. The van der Waals surface area contributed by atoms with Crippen molar-refractivity contribution in [2.75, 3.05) is 23.9 Å². The summed E-state index contributed by atoms with van der Waals surface area (Å²) < 4.78 is 27.2. The van der Waals surface area contributed by atoms with Crippen LogP contribution >= 0.6 is 0 Å². The number of nitrogens with two attached hydrogens (primary N) is 1. The lowest BCUT2D eigenvalue weighted by molar-refractivity contribution is -0.117. The Bertz CT molecular complexity index is 540. The summed E-state index contributed by atoms with van der Waals surface area (Å²) in [6.07, 6.45) is 1.15. The predicted octanol–water partition coefficient (Wildman–Crippen LogP) is 0.396. The molecule has 0 fully saturated rings. The third-order valence-electron chi connectivity index (χ3n) is 2.24. The number of carbonyl (C=O) groups excluding carboxylic acids is 1. The molecule has 1 rings (SSSR count). The van der Waals surface area contributed by atoms with Crippen molar-refractivity contribution >= 4 is 21.4 Å². The molecule has 7 heteroatoms. The van der Waals surface area contributed by atoms with Crippen molar-refractivity contribution in [3.8, 4) is 5.75 Å². The van der Waals surface area contributed by atoms with Gasteiger partial charge in [-0.15, -0.1) is 0 Å². The second kappa shape index (κ2) is 6.53. The fourth-order valence-corrected chi connectivity index (χ4v) is 1.62. The Balaban J connectivity index is 2.59. The smallest absolute Gasteiger partial charge is 0.241 e. The van der Waals surface area contributed by atoms with Gasteiger partial charge in [-0.3, -0.25) is 4.79 Å². The monoisotopic (exact) mass is 286 g/mol. The number of carbonyl (C=O) groups is 1. The molecule has 1 aromatic rings. The van der Waals surface area contributed by atoms with Crippen LogP contribution in [0.15, 0.2) is 24.3 Å². The van der Waals surface area contributed by atoms with E-state index < -0.39 is 15.9 Å². The Hall–Kier alpha value is -1.60. The van der Waals surface area contributed by atoms with Crippen molar-refractivity contribution in [1.29, 1.82) is 0 Å². The van der Waals surface area contributed by atoms with Crippen LogP contribution in [0.1, 0.15) is 6.92 Å². The molecule has 0 aliphatic carbocycles. The molecule has 1 atom stereocenters. The van der Waals surface area contributed by atoms with Crippen LogP contribution in [-0.2, 0) is 14.6 Å². The van der Waals surface area contributed by atoms with Crippen LogP contribution in [0.4, 0.5) is 5.69 Å². The van der Waals surface area contributed by atoms with Gasteiger partial charge in [-0.1, -0.05) is 6.07 Å². The van der Waals surface area contributed by atoms with Gasteiger partial charge < -0.3 is 15.8 Å². The van der Waals surface area contributed by atoms with Crippen LogP contribution in [-0.4, -0.2) is 39.0 Å². The van der Waals surface area contributed by atoms with Crippen LogP contribution in [0.5, 0.6) is 5.75 Å². The van der Waals surface area contributed by atoms with E-state index in [1.54, 1.807) is 31.2 Å². The first-order valence-corrected chi connectivity index (χ1v) is 7.81. The number of anilines is 1. The molecule has 6 nitrogen and oxygen atoms in total. The molecule has 1 amide bonds. The fraction of sp³-hybridized carbons (Fsp3) is 0.417. The van der Waals surface area contributed by atoms with E-state index in [0.29, 0.717) is 11.4 Å². The number of rotatable bonds is 6. The van der Waals surface area contributed by atoms with Gasteiger partial charge in [0.25, 0.3) is 0 Å². The van der Waals surface area contributed by atoms with Crippen LogP contribution < -0.4 is 15.8 Å². The molecule has 0 heterocycles. The van der Waals surface area contributed by atoms with E-state index in [4.69, 9.17) is 10.5 Å². The van der Waals surface area contributed by atoms with Crippen LogP contribution in [0, 0.1) is 0 Å². The number of sulfone groups is 1. The van der Waals surface area contributed by atoms with E-state index in [-0.39, 0.29) is 18.3 Å². The molecular formula is C12H18N2O4S. The lowest BCUT2D eigenvalue weighted by atomic mass is 10.2. The topological polar surface area (TPSA) is 98.5 Å². The van der Waals surface area contributed by atoms with Gasteiger partial charge in [0.15, 0.2) is 9.84 Å². The van der Waals surface area contributed by atoms with Crippen molar-refractivity contribution in [2.24, 2.45) is 5.73 Å². The standard InChI is InChI=1S/C12H18N2O4S/c1-9(13)12(15)14-10-4-3-5-11(8-10)18-6-7-19(2,16)17/h3-5,8-9H,6-7,13H2,1-2H3,(H,14,15)/t9-/m1/s1. The summed E-state index contributed by atoms with van der Waals surface area (Å²) in [6.45, 7) is 1.66. The van der Waals surface area contributed by atoms with E-state index in [1.807, 2.05) is 0 Å². The summed E-state index contributed by atoms with van der Waals surface area (Å²) in [4.78, 5) is 11.4. The molecule has 19 heavy (non-hydrogen) atoms. The van der Waals surface area contributed by atoms with Gasteiger partial charge in [0.2, 0.25) is 5.91 Å². The van der Waals surface area contributed by atoms with Gasteiger partial charge in [0.05, 0.1) is 11.8 Å². The van der Waals surface area contributed by atoms with Gasteiger partial charge in [-0.2, -0.15) is 0 Å². The average Bonchev–Trinajstić information content (AvgIpc) is 2.27. The number of ether oxygens (including phenoxy) is 1. The Morgan fingerprint density at radius 2 is 2.16 bits per heavy atom. The molecule has 0 radical (unpaired) electrons. The number of hydrogen-bond acceptors (Lipinski definition) is 5. The van der Waals surface area contributed by atoms with E-state index in [1.165, 1.54) is 0 Å². The highest BCUT2D eigenvalue weighted by Crippen LogP contribution is 2.17. The van der Waals surface area contributed by atoms with E-state index in [2.05, 4.69) is 5.32 Å². The van der Waals surface area contributed by atoms with Gasteiger partial charge in [-0.25, -0.2) is 8.42 Å². The number of amides is 1. The van der Waals surface area contributed by atoms with Gasteiger partial charge >= 0.3 is 0 Å². The van der Waals surface area contributed by atoms with Crippen molar-refractivity contribution < 1.29 is 17.9 Å². The molecule has 0 aliphatic heterocycles. The average molecular weight is 286 g/mol. The highest BCUT2D eigenvalue weighted by atomic mass is 32.2. The summed E-state index contributed by atoms with van der Waals surface area (Å²) in [6, 6.07) is 6.10. The maximum atomic E-state index is 11.4. The molecule has 0 saturated carbocycles. The molecular weight excluding hydrogens is 268 g/mol. The lowest BCUT2D eigenvalue weighted by Crippen LogP contribution is -2.32. The van der Waals surface area contributed by atoms with E-state index in [0.717, 1.165) is 6.26 Å². The maximum Gasteiger partial charge on any atom is 0.241 e. The predicted molar refractivity (Wildman–Crippen MR) is 73.9 cm³/mol.